The zero-order chi connectivity index (χ0) is 35.0. The van der Waals surface area contributed by atoms with Crippen LogP contribution in [-0.4, -0.2) is 82.6 Å². The lowest BCUT2D eigenvalue weighted by Gasteiger charge is -2.40. The summed E-state index contributed by atoms with van der Waals surface area (Å²) in [6.45, 7) is 14.1. The van der Waals surface area contributed by atoms with Crippen molar-refractivity contribution in [3.8, 4) is 5.75 Å². The number of carbonyl (C=O) groups excluding carboxylic acids is 3. The number of hydrogen-bond acceptors (Lipinski definition) is 6. The first-order valence-corrected chi connectivity index (χ1v) is 17.8. The zero-order valence-electron chi connectivity index (χ0n) is 28.2. The van der Waals surface area contributed by atoms with Crippen molar-refractivity contribution in [2.75, 3.05) is 36.1 Å². The van der Waals surface area contributed by atoms with E-state index in [9.17, 15) is 14.7 Å². The van der Waals surface area contributed by atoms with Crippen LogP contribution in [0.15, 0.2) is 92.0 Å². The Morgan fingerprint density at radius 1 is 1.02 bits per heavy atom. The summed E-state index contributed by atoms with van der Waals surface area (Å²) in [5.41, 5.74) is -0.0100. The maximum atomic E-state index is 15.1. The number of benzene rings is 3. The Bertz CT molecular complexity index is 1750. The van der Waals surface area contributed by atoms with Gasteiger partial charge in [-0.3, -0.25) is 14.4 Å². The summed E-state index contributed by atoms with van der Waals surface area (Å²) in [7, 11) is 0. The first-order valence-electron chi connectivity index (χ1n) is 16.9. The molecule has 3 saturated heterocycles. The monoisotopic (exact) mass is 729 g/mol. The minimum absolute atomic E-state index is 0.180. The molecule has 49 heavy (non-hydrogen) atoms. The van der Waals surface area contributed by atoms with E-state index in [1.54, 1.807) is 34.1 Å². The van der Waals surface area contributed by atoms with Gasteiger partial charge in [0, 0.05) is 29.3 Å². The third kappa shape index (κ3) is 5.87. The van der Waals surface area contributed by atoms with E-state index in [1.165, 1.54) is 4.90 Å². The molecule has 3 aliphatic heterocycles. The molecular formula is C39H44BrN3O6. The lowest BCUT2D eigenvalue weighted by Crippen LogP contribution is -2.60. The normalized spacial score (nSPS) is 26.1. The Morgan fingerprint density at radius 2 is 1.65 bits per heavy atom. The van der Waals surface area contributed by atoms with Crippen molar-refractivity contribution in [1.29, 1.82) is 0 Å². The number of ether oxygens (including phenoxy) is 2. The fraction of sp³-hybridized carbons (Fsp3) is 0.410. The summed E-state index contributed by atoms with van der Waals surface area (Å²) >= 11 is 3.79. The Labute approximate surface area is 296 Å². The van der Waals surface area contributed by atoms with Gasteiger partial charge in [0.2, 0.25) is 11.8 Å². The second-order valence-corrected chi connectivity index (χ2v) is 14.5. The molecule has 2 bridgehead atoms. The van der Waals surface area contributed by atoms with E-state index in [1.807, 2.05) is 75.4 Å². The molecule has 3 aromatic rings. The standard InChI is InChI=1S/C39H44BrN3O6/c1-6-19-41(27-15-17-29(18-16-27)48-8-3)36(45)32-33-37(46)43(31(23-44)24(4)5)35(39(33)22-30(40)34(32)49-39)38(47)42(20-7-2)28-14-13-25-11-9-10-12-26(25)21-28/h6-7,9-18,21,24,30-35,44H,1-2,8,19-20,22-23H2,3-5H3/t30?,31-,32+,33-,34+,35?,39?/m0/s1. The van der Waals surface area contributed by atoms with Crippen LogP contribution >= 0.6 is 15.9 Å². The van der Waals surface area contributed by atoms with E-state index < -0.39 is 35.6 Å². The largest absolute Gasteiger partial charge is 0.494 e. The lowest BCUT2D eigenvalue weighted by molar-refractivity contribution is -0.145. The van der Waals surface area contributed by atoms with E-state index in [4.69, 9.17) is 9.47 Å². The van der Waals surface area contributed by atoms with E-state index in [-0.39, 0.29) is 48.2 Å². The number of amides is 3. The molecule has 3 aromatic carbocycles. The van der Waals surface area contributed by atoms with E-state index in [2.05, 4.69) is 29.1 Å². The molecule has 6 rings (SSSR count). The maximum Gasteiger partial charge on any atom is 0.253 e. The van der Waals surface area contributed by atoms with Crippen LogP contribution in [0, 0.1) is 17.8 Å². The van der Waals surface area contributed by atoms with Crippen LogP contribution < -0.4 is 14.5 Å². The van der Waals surface area contributed by atoms with Crippen LogP contribution in [0.1, 0.15) is 27.2 Å². The van der Waals surface area contributed by atoms with Crippen molar-refractivity contribution in [3.63, 3.8) is 0 Å². The van der Waals surface area contributed by atoms with Gasteiger partial charge in [-0.1, -0.05) is 72.3 Å². The third-order valence-corrected chi connectivity index (χ3v) is 11.1. The van der Waals surface area contributed by atoms with Crippen molar-refractivity contribution >= 4 is 55.8 Å². The summed E-state index contributed by atoms with van der Waals surface area (Å²) < 4.78 is 12.4. The molecule has 7 atom stereocenters. The topological polar surface area (TPSA) is 99.6 Å². The molecule has 3 unspecified atom stereocenters. The summed E-state index contributed by atoms with van der Waals surface area (Å²) in [6, 6.07) is 19.2. The number of halogens is 1. The van der Waals surface area contributed by atoms with Crippen molar-refractivity contribution in [2.45, 2.75) is 55.8 Å². The van der Waals surface area contributed by atoms with Gasteiger partial charge in [0.25, 0.3) is 5.91 Å². The molecular weight excluding hydrogens is 686 g/mol. The van der Waals surface area contributed by atoms with E-state index >= 15 is 4.79 Å². The van der Waals surface area contributed by atoms with Crippen molar-refractivity contribution in [1.82, 2.24) is 4.90 Å². The number of nitrogens with zero attached hydrogens (tertiary/aromatic N) is 3. The predicted molar refractivity (Wildman–Crippen MR) is 195 cm³/mol. The van der Waals surface area contributed by atoms with Gasteiger partial charge in [-0.25, -0.2) is 0 Å². The maximum absolute atomic E-state index is 15.1. The second-order valence-electron chi connectivity index (χ2n) is 13.3. The van der Waals surface area contributed by atoms with Crippen LogP contribution in [-0.2, 0) is 19.1 Å². The molecule has 0 aromatic heterocycles. The average Bonchev–Trinajstić information content (AvgIpc) is 3.69. The number of likely N-dealkylation sites (tertiary alicyclic amines) is 1. The molecule has 0 radical (unpaired) electrons. The Balaban J connectivity index is 1.44. The SMILES string of the molecule is C=CCN(C(=O)C1N([C@@H](CO)C(C)C)C(=O)[C@@H]2[C@@H](C(=O)N(CC=C)c3ccc(OCC)cc3)[C@@H]3OC12CC3Br)c1ccc2ccccc2c1. The minimum atomic E-state index is -1.30. The molecule has 0 saturated carbocycles. The smallest absolute Gasteiger partial charge is 0.253 e. The second kappa shape index (κ2) is 14.1. The third-order valence-electron chi connectivity index (χ3n) is 10.2. The van der Waals surface area contributed by atoms with Gasteiger partial charge in [-0.15, -0.1) is 13.2 Å². The highest BCUT2D eigenvalue weighted by Crippen LogP contribution is 2.61. The van der Waals surface area contributed by atoms with Crippen molar-refractivity contribution < 1.29 is 29.0 Å². The van der Waals surface area contributed by atoms with Gasteiger partial charge in [-0.2, -0.15) is 0 Å². The first kappa shape index (κ1) is 34.9. The molecule has 3 fully saturated rings. The highest BCUT2D eigenvalue weighted by molar-refractivity contribution is 9.09. The number of alkyl halides is 1. The number of rotatable bonds is 13. The summed E-state index contributed by atoms with van der Waals surface area (Å²) in [6.07, 6.45) is 3.02. The number of aliphatic hydroxyl groups is 1. The van der Waals surface area contributed by atoms with Crippen molar-refractivity contribution in [3.05, 3.63) is 92.0 Å². The molecule has 3 heterocycles. The van der Waals surface area contributed by atoms with Gasteiger partial charge in [0.05, 0.1) is 37.2 Å². The Hall–Kier alpha value is -3.99. The molecule has 9 nitrogen and oxygen atoms in total. The fourth-order valence-corrected chi connectivity index (χ4v) is 9.01. The number of hydrogen-bond donors (Lipinski definition) is 1. The lowest BCUT2D eigenvalue weighted by atomic mass is 9.70. The van der Waals surface area contributed by atoms with Gasteiger partial charge < -0.3 is 29.3 Å². The highest BCUT2D eigenvalue weighted by atomic mass is 79.9. The Morgan fingerprint density at radius 3 is 2.27 bits per heavy atom. The predicted octanol–water partition coefficient (Wildman–Crippen LogP) is 5.74. The van der Waals surface area contributed by atoms with E-state index in [0.717, 1.165) is 10.8 Å². The molecule has 258 valence electrons. The average molecular weight is 731 g/mol. The van der Waals surface area contributed by atoms with E-state index in [0.29, 0.717) is 30.2 Å². The molecule has 0 aliphatic carbocycles. The quantitative estimate of drug-likeness (QED) is 0.178. The number of anilines is 2. The zero-order valence-corrected chi connectivity index (χ0v) is 29.8. The van der Waals surface area contributed by atoms with Gasteiger partial charge in [-0.05, 0) is 66.4 Å². The highest BCUT2D eigenvalue weighted by Gasteiger charge is 2.77. The van der Waals surface area contributed by atoms with Gasteiger partial charge in [0.15, 0.2) is 0 Å². The fourth-order valence-electron chi connectivity index (χ4n) is 8.07. The van der Waals surface area contributed by atoms with Gasteiger partial charge >= 0.3 is 0 Å². The molecule has 3 amide bonds. The molecule has 1 spiro atoms. The molecule has 3 aliphatic rings. The molecule has 1 N–H and O–H groups in total. The first-order chi connectivity index (χ1) is 23.6. The number of aliphatic hydroxyl groups excluding tert-OH is 1. The van der Waals surface area contributed by atoms with Crippen LogP contribution in [0.3, 0.4) is 0 Å². The summed E-state index contributed by atoms with van der Waals surface area (Å²) in [5, 5.41) is 12.7. The minimum Gasteiger partial charge on any atom is -0.494 e. The van der Waals surface area contributed by atoms with Crippen LogP contribution in [0.4, 0.5) is 11.4 Å². The van der Waals surface area contributed by atoms with Crippen LogP contribution in [0.25, 0.3) is 10.8 Å². The van der Waals surface area contributed by atoms with Crippen LogP contribution in [0.2, 0.25) is 0 Å². The van der Waals surface area contributed by atoms with Crippen molar-refractivity contribution in [2.24, 2.45) is 17.8 Å². The number of carbonyl (C=O) groups is 3. The summed E-state index contributed by atoms with van der Waals surface area (Å²) in [5.74, 6) is -2.28. The molecule has 10 heteroatoms. The number of fused-ring (bicyclic) bond motifs is 2. The Kier molecular flexibility index (Phi) is 10.0. The summed E-state index contributed by atoms with van der Waals surface area (Å²) in [4.78, 5) is 49.2. The van der Waals surface area contributed by atoms with Crippen LogP contribution in [0.5, 0.6) is 5.75 Å². The van der Waals surface area contributed by atoms with Gasteiger partial charge in [0.1, 0.15) is 17.4 Å².